The molecule has 2 aromatic rings. The lowest BCUT2D eigenvalue weighted by atomic mass is 10.2. The van der Waals surface area contributed by atoms with Crippen LogP contribution in [0.4, 0.5) is 5.69 Å². The molecule has 7 heteroatoms. The highest BCUT2D eigenvalue weighted by Crippen LogP contribution is 2.25. The Labute approximate surface area is 125 Å². The highest BCUT2D eigenvalue weighted by molar-refractivity contribution is 7.80. The fraction of sp³-hybridized carbons (Fsp3) is 0. The number of nitrogens with two attached hydrogens (primary N) is 1. The number of thiocarbonyl (C=S) groups is 1. The van der Waals surface area contributed by atoms with Crippen LogP contribution < -0.4 is 11.1 Å². The molecule has 0 saturated carbocycles. The highest BCUT2D eigenvalue weighted by Gasteiger charge is 2.13. The molecule has 0 aliphatic carbocycles. The Balaban J connectivity index is 2.30. The van der Waals surface area contributed by atoms with Crippen LogP contribution in [0.2, 0.25) is 5.02 Å². The van der Waals surface area contributed by atoms with Crippen molar-refractivity contribution in [2.45, 2.75) is 0 Å². The largest absolute Gasteiger partial charge is 0.505 e. The third-order valence-corrected chi connectivity index (χ3v) is 3.11. The van der Waals surface area contributed by atoms with Crippen LogP contribution in [-0.4, -0.2) is 21.0 Å². The predicted molar refractivity (Wildman–Crippen MR) is 81.2 cm³/mol. The summed E-state index contributed by atoms with van der Waals surface area (Å²) in [6.07, 6.45) is 2.59. The van der Waals surface area contributed by atoms with E-state index in [2.05, 4.69) is 10.3 Å². The van der Waals surface area contributed by atoms with E-state index in [1.165, 1.54) is 18.5 Å². The average Bonchev–Trinajstić information content (AvgIpc) is 2.41. The molecule has 5 nitrogen and oxygen atoms in total. The molecule has 0 bridgehead atoms. The van der Waals surface area contributed by atoms with Gasteiger partial charge in [0.1, 0.15) is 10.7 Å². The van der Waals surface area contributed by atoms with Gasteiger partial charge in [0.05, 0.1) is 22.5 Å². The third kappa shape index (κ3) is 3.04. The van der Waals surface area contributed by atoms with Gasteiger partial charge >= 0.3 is 0 Å². The Kier molecular flexibility index (Phi) is 4.16. The number of carbonyl (C=O) groups excluding carboxylic acids is 1. The maximum Gasteiger partial charge on any atom is 0.259 e. The Bertz CT molecular complexity index is 691. The number of halogens is 1. The molecule has 0 unspecified atom stereocenters. The minimum absolute atomic E-state index is 0.0943. The van der Waals surface area contributed by atoms with Gasteiger partial charge in [0, 0.05) is 11.8 Å². The zero-order valence-corrected chi connectivity index (χ0v) is 11.7. The van der Waals surface area contributed by atoms with Gasteiger partial charge in [-0.1, -0.05) is 29.9 Å². The fourth-order valence-electron chi connectivity index (χ4n) is 1.54. The molecule has 0 aliphatic rings. The fourth-order valence-corrected chi connectivity index (χ4v) is 1.83. The van der Waals surface area contributed by atoms with Crippen LogP contribution in [-0.2, 0) is 0 Å². The molecule has 0 atom stereocenters. The van der Waals surface area contributed by atoms with Gasteiger partial charge < -0.3 is 16.2 Å². The van der Waals surface area contributed by atoms with Gasteiger partial charge in [0.25, 0.3) is 5.91 Å². The summed E-state index contributed by atoms with van der Waals surface area (Å²) in [5, 5.41) is 12.5. The number of pyridine rings is 1. The number of aromatic hydroxyl groups is 1. The quantitative estimate of drug-likeness (QED) is 0.757. The zero-order valence-electron chi connectivity index (χ0n) is 10.1. The van der Waals surface area contributed by atoms with Crippen LogP contribution >= 0.6 is 23.8 Å². The first kappa shape index (κ1) is 14.2. The van der Waals surface area contributed by atoms with Crippen molar-refractivity contribution in [3.05, 3.63) is 52.8 Å². The number of anilines is 1. The van der Waals surface area contributed by atoms with Crippen LogP contribution in [0.25, 0.3) is 0 Å². The van der Waals surface area contributed by atoms with E-state index in [4.69, 9.17) is 29.6 Å². The number of hydrogen-bond donors (Lipinski definition) is 3. The van der Waals surface area contributed by atoms with E-state index in [9.17, 15) is 9.90 Å². The number of nitrogens with zero attached hydrogens (tertiary/aromatic N) is 1. The van der Waals surface area contributed by atoms with Crippen LogP contribution in [0.1, 0.15) is 15.9 Å². The molecule has 0 aliphatic heterocycles. The van der Waals surface area contributed by atoms with E-state index in [0.29, 0.717) is 16.3 Å². The van der Waals surface area contributed by atoms with E-state index >= 15 is 0 Å². The van der Waals surface area contributed by atoms with E-state index in [-0.39, 0.29) is 16.3 Å². The number of benzene rings is 1. The maximum absolute atomic E-state index is 12.0. The molecule has 0 radical (unpaired) electrons. The molecule has 0 fully saturated rings. The highest BCUT2D eigenvalue weighted by atomic mass is 35.5. The summed E-state index contributed by atoms with van der Waals surface area (Å²) in [7, 11) is 0. The second kappa shape index (κ2) is 5.85. The van der Waals surface area contributed by atoms with Crippen molar-refractivity contribution in [1.82, 2.24) is 4.98 Å². The van der Waals surface area contributed by atoms with Gasteiger partial charge in [0.2, 0.25) is 0 Å². The van der Waals surface area contributed by atoms with Crippen LogP contribution in [0.3, 0.4) is 0 Å². The summed E-state index contributed by atoms with van der Waals surface area (Å²) in [6.45, 7) is 0. The summed E-state index contributed by atoms with van der Waals surface area (Å²) in [4.78, 5) is 15.9. The molecule has 2 rings (SSSR count). The Morgan fingerprint density at radius 1 is 1.40 bits per heavy atom. The summed E-state index contributed by atoms with van der Waals surface area (Å²) in [5.41, 5.74) is 6.56. The Morgan fingerprint density at radius 2 is 2.15 bits per heavy atom. The summed E-state index contributed by atoms with van der Waals surface area (Å²) in [6, 6.07) is 6.21. The SMILES string of the molecule is NC(=S)c1ccc(Cl)c(NC(=O)c2ccncc2O)c1. The Hall–Kier alpha value is -2.18. The standard InChI is InChI=1S/C13H10ClN3O2S/c14-9-2-1-7(12(15)20)5-10(9)17-13(19)8-3-4-16-6-11(8)18/h1-6,18H,(H2,15,20)(H,17,19). The summed E-state index contributed by atoms with van der Waals surface area (Å²) >= 11 is 10.9. The van der Waals surface area contributed by atoms with E-state index < -0.39 is 5.91 Å². The molecular formula is C13H10ClN3O2S. The van der Waals surface area contributed by atoms with E-state index in [1.807, 2.05) is 0 Å². The van der Waals surface area contributed by atoms with Crippen LogP contribution in [0.5, 0.6) is 5.75 Å². The topological polar surface area (TPSA) is 88.2 Å². The van der Waals surface area contributed by atoms with Gasteiger partial charge in [-0.25, -0.2) is 0 Å². The van der Waals surface area contributed by atoms with Crippen molar-refractivity contribution < 1.29 is 9.90 Å². The molecular weight excluding hydrogens is 298 g/mol. The molecule has 1 aromatic heterocycles. The molecule has 1 heterocycles. The first-order valence-corrected chi connectivity index (χ1v) is 6.31. The maximum atomic E-state index is 12.0. The number of aromatic nitrogens is 1. The minimum Gasteiger partial charge on any atom is -0.505 e. The molecule has 0 saturated heterocycles. The summed E-state index contributed by atoms with van der Waals surface area (Å²) in [5.74, 6) is -0.724. The van der Waals surface area contributed by atoms with Crippen molar-refractivity contribution in [3.63, 3.8) is 0 Å². The first-order valence-electron chi connectivity index (χ1n) is 5.52. The van der Waals surface area contributed by atoms with Gasteiger partial charge in [0.15, 0.2) is 0 Å². The van der Waals surface area contributed by atoms with Crippen LogP contribution in [0.15, 0.2) is 36.7 Å². The lowest BCUT2D eigenvalue weighted by Gasteiger charge is -2.09. The molecule has 102 valence electrons. The van der Waals surface area contributed by atoms with Gasteiger partial charge in [-0.15, -0.1) is 0 Å². The minimum atomic E-state index is -0.508. The van der Waals surface area contributed by atoms with Crippen LogP contribution in [0, 0.1) is 0 Å². The second-order valence-electron chi connectivity index (χ2n) is 3.91. The molecule has 1 aromatic carbocycles. The number of hydrogen-bond acceptors (Lipinski definition) is 4. The molecule has 1 amide bonds. The van der Waals surface area contributed by atoms with Crippen molar-refractivity contribution in [2.24, 2.45) is 5.73 Å². The number of carbonyl (C=O) groups is 1. The number of nitrogens with one attached hydrogen (secondary N) is 1. The third-order valence-electron chi connectivity index (χ3n) is 2.54. The van der Waals surface area contributed by atoms with Gasteiger partial charge in [-0.2, -0.15) is 0 Å². The number of rotatable bonds is 3. The van der Waals surface area contributed by atoms with Crippen molar-refractivity contribution in [3.8, 4) is 5.75 Å². The lowest BCUT2D eigenvalue weighted by Crippen LogP contribution is -2.14. The Morgan fingerprint density at radius 3 is 2.80 bits per heavy atom. The first-order chi connectivity index (χ1) is 9.49. The molecule has 4 N–H and O–H groups in total. The second-order valence-corrected chi connectivity index (χ2v) is 4.75. The molecule has 0 spiro atoms. The molecule has 20 heavy (non-hydrogen) atoms. The average molecular weight is 308 g/mol. The number of amides is 1. The van der Waals surface area contributed by atoms with E-state index in [0.717, 1.165) is 0 Å². The predicted octanol–water partition coefficient (Wildman–Crippen LogP) is 2.33. The van der Waals surface area contributed by atoms with Gasteiger partial charge in [-0.05, 0) is 18.2 Å². The normalized spacial score (nSPS) is 10.1. The van der Waals surface area contributed by atoms with E-state index in [1.54, 1.807) is 18.2 Å². The smallest absolute Gasteiger partial charge is 0.259 e. The van der Waals surface area contributed by atoms with Gasteiger partial charge in [-0.3, -0.25) is 9.78 Å². The van der Waals surface area contributed by atoms with Crippen molar-refractivity contribution in [2.75, 3.05) is 5.32 Å². The monoisotopic (exact) mass is 307 g/mol. The zero-order chi connectivity index (χ0) is 14.7. The lowest BCUT2D eigenvalue weighted by molar-refractivity contribution is 0.102. The summed E-state index contributed by atoms with van der Waals surface area (Å²) < 4.78 is 0. The van der Waals surface area contributed by atoms with Crippen molar-refractivity contribution >= 4 is 40.4 Å². The van der Waals surface area contributed by atoms with Crippen molar-refractivity contribution in [1.29, 1.82) is 0 Å².